The highest BCUT2D eigenvalue weighted by molar-refractivity contribution is 6.08. The minimum absolute atomic E-state index is 0.820. The normalized spacial score (nSPS) is 11.7. The second-order valence-corrected chi connectivity index (χ2v) is 13.2. The van der Waals surface area contributed by atoms with E-state index in [2.05, 4.69) is 138 Å². The van der Waals surface area contributed by atoms with Crippen molar-refractivity contribution in [3.63, 3.8) is 0 Å². The van der Waals surface area contributed by atoms with E-state index in [1.165, 1.54) is 0 Å². The summed E-state index contributed by atoms with van der Waals surface area (Å²) in [6.45, 7) is 0. The summed E-state index contributed by atoms with van der Waals surface area (Å²) in [7, 11) is 0. The zero-order valence-electron chi connectivity index (χ0n) is 27.8. The van der Waals surface area contributed by atoms with Crippen LogP contribution in [0.4, 0.5) is 17.1 Å². The molecule has 0 fully saturated rings. The lowest BCUT2D eigenvalue weighted by Crippen LogP contribution is -2.09. The van der Waals surface area contributed by atoms with Crippen LogP contribution in [0.15, 0.2) is 177 Å². The molecule has 3 aromatic heterocycles. The van der Waals surface area contributed by atoms with Crippen molar-refractivity contribution < 1.29 is 13.3 Å². The molecule has 0 amide bonds. The van der Waals surface area contributed by atoms with Crippen LogP contribution in [-0.4, -0.2) is 0 Å². The summed E-state index contributed by atoms with van der Waals surface area (Å²) in [5.41, 5.74) is 12.9. The van der Waals surface area contributed by atoms with Crippen molar-refractivity contribution in [2.75, 3.05) is 4.90 Å². The van der Waals surface area contributed by atoms with Gasteiger partial charge in [0.05, 0.1) is 5.39 Å². The lowest BCUT2D eigenvalue weighted by Gasteiger charge is -2.26. The minimum Gasteiger partial charge on any atom is -0.456 e. The fraction of sp³-hybridized carbons (Fsp3) is 0. The molecule has 0 atom stereocenters. The highest BCUT2D eigenvalue weighted by Gasteiger charge is 2.17. The molecule has 0 N–H and O–H groups in total. The van der Waals surface area contributed by atoms with Crippen molar-refractivity contribution in [1.29, 1.82) is 0 Å². The number of hydrogen-bond donors (Lipinski definition) is 0. The first kappa shape index (κ1) is 28.6. The van der Waals surface area contributed by atoms with Gasteiger partial charge in [-0.25, -0.2) is 0 Å². The maximum atomic E-state index is 6.19. The second-order valence-electron chi connectivity index (χ2n) is 13.2. The molecule has 52 heavy (non-hydrogen) atoms. The molecule has 4 heteroatoms. The molecule has 0 aliphatic carbocycles. The Kier molecular flexibility index (Phi) is 6.13. The van der Waals surface area contributed by atoms with Gasteiger partial charge in [-0.1, -0.05) is 84.9 Å². The van der Waals surface area contributed by atoms with E-state index in [1.807, 2.05) is 42.5 Å². The summed E-state index contributed by atoms with van der Waals surface area (Å²) >= 11 is 0. The second kappa shape index (κ2) is 11.1. The number of nitrogens with zero attached hydrogens (tertiary/aromatic N) is 1. The van der Waals surface area contributed by atoms with Crippen molar-refractivity contribution in [1.82, 2.24) is 0 Å². The summed E-state index contributed by atoms with van der Waals surface area (Å²) < 4.78 is 18.3. The van der Waals surface area contributed by atoms with E-state index in [-0.39, 0.29) is 0 Å². The largest absolute Gasteiger partial charge is 0.456 e. The Balaban J connectivity index is 1.01. The number of benzene rings is 7. The first-order chi connectivity index (χ1) is 25.7. The lowest BCUT2D eigenvalue weighted by atomic mass is 10.0. The Hall–Kier alpha value is -7.22. The zero-order valence-corrected chi connectivity index (χ0v) is 27.8. The van der Waals surface area contributed by atoms with E-state index in [0.29, 0.717) is 0 Å². The van der Waals surface area contributed by atoms with Crippen LogP contribution in [0.1, 0.15) is 0 Å². The van der Waals surface area contributed by atoms with E-state index in [1.54, 1.807) is 0 Å². The van der Waals surface area contributed by atoms with Crippen molar-refractivity contribution in [2.45, 2.75) is 0 Å². The smallest absolute Gasteiger partial charge is 0.144 e. The van der Waals surface area contributed by atoms with Crippen LogP contribution in [0.3, 0.4) is 0 Å². The van der Waals surface area contributed by atoms with Crippen LogP contribution < -0.4 is 4.90 Å². The predicted molar refractivity (Wildman–Crippen MR) is 212 cm³/mol. The fourth-order valence-electron chi connectivity index (χ4n) is 7.59. The topological polar surface area (TPSA) is 42.7 Å². The molecule has 4 nitrogen and oxygen atoms in total. The number of fused-ring (bicyclic) bond motifs is 9. The fourth-order valence-corrected chi connectivity index (χ4v) is 7.59. The Morgan fingerprint density at radius 2 is 0.808 bits per heavy atom. The first-order valence-electron chi connectivity index (χ1n) is 17.3. The molecular weight excluding hydrogens is 639 g/mol. The number of para-hydroxylation sites is 2. The van der Waals surface area contributed by atoms with Gasteiger partial charge in [0, 0.05) is 44.0 Å². The molecule has 8 aromatic carbocycles. The van der Waals surface area contributed by atoms with Gasteiger partial charge in [-0.2, -0.15) is 0 Å². The van der Waals surface area contributed by atoms with Gasteiger partial charge in [0.2, 0.25) is 0 Å². The van der Waals surface area contributed by atoms with Crippen molar-refractivity contribution in [3.05, 3.63) is 176 Å². The number of rotatable bonds is 5. The molecule has 0 saturated heterocycles. The molecule has 0 unspecified atom stereocenters. The van der Waals surface area contributed by atoms with Crippen LogP contribution in [0.2, 0.25) is 0 Å². The highest BCUT2D eigenvalue weighted by atomic mass is 16.3. The SMILES string of the molecule is c1ccc2oc3ccc(-c4ccc(N(c5ccc(-c6ccc7oc8ccccc8c7c6)cc5)c5ccc6oc7ccccc7c6c5)cc4)cc3c2c#1. The molecule has 0 aliphatic heterocycles. The number of hydrogen-bond acceptors (Lipinski definition) is 4. The van der Waals surface area contributed by atoms with Crippen molar-refractivity contribution >= 4 is 82.9 Å². The van der Waals surface area contributed by atoms with E-state index in [4.69, 9.17) is 13.3 Å². The van der Waals surface area contributed by atoms with E-state index in [0.717, 1.165) is 105 Å². The summed E-state index contributed by atoms with van der Waals surface area (Å²) in [5, 5.41) is 6.42. The maximum absolute atomic E-state index is 6.19. The summed E-state index contributed by atoms with van der Waals surface area (Å²) in [4.78, 5) is 2.30. The average Bonchev–Trinajstić information content (AvgIpc) is 3.89. The summed E-state index contributed by atoms with van der Waals surface area (Å²) in [5.74, 6) is 0. The molecule has 11 rings (SSSR count). The zero-order chi connectivity index (χ0) is 34.2. The summed E-state index contributed by atoms with van der Waals surface area (Å²) in [6, 6.07) is 63.2. The highest BCUT2D eigenvalue weighted by Crippen LogP contribution is 2.41. The molecule has 242 valence electrons. The van der Waals surface area contributed by atoms with E-state index in [9.17, 15) is 0 Å². The Morgan fingerprint density at radius 3 is 1.44 bits per heavy atom. The van der Waals surface area contributed by atoms with Crippen LogP contribution in [-0.2, 0) is 0 Å². The third kappa shape index (κ3) is 4.50. The Labute approximate surface area is 298 Å². The molecule has 3 heterocycles. The summed E-state index contributed by atoms with van der Waals surface area (Å²) in [6.07, 6.45) is 0. The minimum atomic E-state index is 0.820. The third-order valence-corrected chi connectivity index (χ3v) is 10.1. The Morgan fingerprint density at radius 1 is 0.346 bits per heavy atom. The molecule has 0 bridgehead atoms. The van der Waals surface area contributed by atoms with Gasteiger partial charge in [-0.3, -0.25) is 0 Å². The standard InChI is InChI=1S/C48H27NO3/c1-4-10-43-37(7-1)40-27-32(17-24-46(40)50-43)30-13-19-34(20-14-30)49(36-23-26-48-42(29-36)39-9-3-6-12-45(39)52-48)35-21-15-31(16-22-35)33-18-25-47-41(28-33)38-8-2-5-11-44(38)51-47/h1,3-7,9-29H. The molecule has 11 aromatic rings. The van der Waals surface area contributed by atoms with Gasteiger partial charge in [-0.05, 0) is 113 Å². The van der Waals surface area contributed by atoms with Gasteiger partial charge in [0.1, 0.15) is 33.5 Å². The van der Waals surface area contributed by atoms with E-state index >= 15 is 0 Å². The number of furan rings is 3. The Bertz CT molecular complexity index is 2970. The predicted octanol–water partition coefficient (Wildman–Crippen LogP) is 13.8. The lowest BCUT2D eigenvalue weighted by molar-refractivity contribution is 0.668. The molecule has 0 aliphatic rings. The molecule has 0 saturated carbocycles. The third-order valence-electron chi connectivity index (χ3n) is 10.1. The van der Waals surface area contributed by atoms with Crippen LogP contribution in [0.5, 0.6) is 0 Å². The van der Waals surface area contributed by atoms with Crippen molar-refractivity contribution in [3.8, 4) is 22.3 Å². The average molecular weight is 666 g/mol. The van der Waals surface area contributed by atoms with Crippen LogP contribution in [0, 0.1) is 12.1 Å². The van der Waals surface area contributed by atoms with Gasteiger partial charge >= 0.3 is 0 Å². The van der Waals surface area contributed by atoms with E-state index < -0.39 is 0 Å². The quantitative estimate of drug-likeness (QED) is 0.183. The van der Waals surface area contributed by atoms with Gasteiger partial charge in [0.15, 0.2) is 0 Å². The van der Waals surface area contributed by atoms with Gasteiger partial charge in [-0.15, -0.1) is 0 Å². The van der Waals surface area contributed by atoms with Gasteiger partial charge in [0.25, 0.3) is 0 Å². The maximum Gasteiger partial charge on any atom is 0.144 e. The van der Waals surface area contributed by atoms with Gasteiger partial charge < -0.3 is 18.2 Å². The first-order valence-corrected chi connectivity index (χ1v) is 17.3. The van der Waals surface area contributed by atoms with Crippen molar-refractivity contribution in [2.24, 2.45) is 0 Å². The molecule has 0 spiro atoms. The van der Waals surface area contributed by atoms with Crippen LogP contribution in [0.25, 0.3) is 88.1 Å². The monoisotopic (exact) mass is 665 g/mol. The molecule has 0 radical (unpaired) electrons. The van der Waals surface area contributed by atoms with Crippen LogP contribution >= 0.6 is 0 Å². The number of anilines is 3. The molecular formula is C48H27NO3.